The highest BCUT2D eigenvalue weighted by Gasteiger charge is 2.27. The Bertz CT molecular complexity index is 841. The summed E-state index contributed by atoms with van der Waals surface area (Å²) in [6, 6.07) is 7.51. The number of benzene rings is 1. The minimum Gasteiger partial charge on any atom is -0.485 e. The molecule has 124 valence electrons. The van der Waals surface area contributed by atoms with E-state index in [1.807, 2.05) is 38.1 Å². The molecule has 4 rings (SSSR count). The average molecular weight is 345 g/mol. The molecule has 1 aliphatic rings. The molecule has 0 saturated heterocycles. The zero-order valence-electron chi connectivity index (χ0n) is 13.2. The molecule has 0 spiro atoms. The maximum absolute atomic E-state index is 5.86. The number of rotatable bonds is 4. The van der Waals surface area contributed by atoms with Gasteiger partial charge in [0.25, 0.3) is 11.1 Å². The van der Waals surface area contributed by atoms with Gasteiger partial charge >= 0.3 is 0 Å². The lowest BCUT2D eigenvalue weighted by atomic mass is 10.2. The van der Waals surface area contributed by atoms with E-state index in [2.05, 4.69) is 15.4 Å². The Hall–Kier alpha value is -2.48. The fourth-order valence-corrected chi connectivity index (χ4v) is 3.31. The van der Waals surface area contributed by atoms with Gasteiger partial charge in [0, 0.05) is 11.3 Å². The molecule has 24 heavy (non-hydrogen) atoms. The largest absolute Gasteiger partial charge is 0.485 e. The van der Waals surface area contributed by atoms with Crippen molar-refractivity contribution in [3.63, 3.8) is 0 Å². The van der Waals surface area contributed by atoms with Gasteiger partial charge in [-0.1, -0.05) is 29.1 Å². The van der Waals surface area contributed by atoms with Crippen molar-refractivity contribution in [3.05, 3.63) is 47.2 Å². The van der Waals surface area contributed by atoms with Crippen molar-refractivity contribution < 1.29 is 18.4 Å². The summed E-state index contributed by atoms with van der Waals surface area (Å²) in [5.74, 6) is 3.28. The maximum atomic E-state index is 5.86. The molecule has 0 saturated carbocycles. The number of ether oxygens (including phenoxy) is 2. The first-order valence-corrected chi connectivity index (χ1v) is 8.45. The third-order valence-corrected chi connectivity index (χ3v) is 4.57. The molecule has 3 aromatic rings. The van der Waals surface area contributed by atoms with E-state index in [4.69, 9.17) is 18.4 Å². The third-order valence-electron chi connectivity index (χ3n) is 3.73. The van der Waals surface area contributed by atoms with Crippen molar-refractivity contribution in [2.45, 2.75) is 30.9 Å². The van der Waals surface area contributed by atoms with E-state index in [1.54, 1.807) is 0 Å². The number of aromatic nitrogens is 3. The monoisotopic (exact) mass is 345 g/mol. The van der Waals surface area contributed by atoms with Gasteiger partial charge in [0.2, 0.25) is 6.10 Å². The van der Waals surface area contributed by atoms with E-state index >= 15 is 0 Å². The lowest BCUT2D eigenvalue weighted by molar-refractivity contribution is 0.0686. The zero-order chi connectivity index (χ0) is 16.5. The van der Waals surface area contributed by atoms with E-state index in [9.17, 15) is 0 Å². The number of aryl methyl sites for hydroxylation is 2. The third kappa shape index (κ3) is 2.84. The van der Waals surface area contributed by atoms with Crippen LogP contribution >= 0.6 is 11.8 Å². The van der Waals surface area contributed by atoms with Gasteiger partial charge in [-0.3, -0.25) is 0 Å². The molecule has 3 heterocycles. The summed E-state index contributed by atoms with van der Waals surface area (Å²) < 4.78 is 22.4. The van der Waals surface area contributed by atoms with Gasteiger partial charge in [0.1, 0.15) is 12.4 Å². The van der Waals surface area contributed by atoms with Crippen molar-refractivity contribution >= 4 is 11.8 Å². The van der Waals surface area contributed by atoms with Crippen LogP contribution in [0.4, 0.5) is 0 Å². The van der Waals surface area contributed by atoms with Gasteiger partial charge in [-0.2, -0.15) is 0 Å². The quantitative estimate of drug-likeness (QED) is 0.665. The van der Waals surface area contributed by atoms with Crippen LogP contribution in [0.15, 0.2) is 38.4 Å². The molecule has 0 fully saturated rings. The number of fused-ring (bicyclic) bond motifs is 1. The van der Waals surface area contributed by atoms with Crippen molar-refractivity contribution in [2.75, 3.05) is 6.61 Å². The van der Waals surface area contributed by atoms with Crippen LogP contribution < -0.4 is 9.47 Å². The van der Waals surface area contributed by atoms with Crippen LogP contribution in [0.5, 0.6) is 11.5 Å². The smallest absolute Gasteiger partial charge is 0.277 e. The molecule has 0 bridgehead atoms. The summed E-state index contributed by atoms with van der Waals surface area (Å²) in [5, 5.41) is 12.6. The fourth-order valence-electron chi connectivity index (χ4n) is 2.39. The Morgan fingerprint density at radius 1 is 1.17 bits per heavy atom. The van der Waals surface area contributed by atoms with Crippen molar-refractivity contribution in [1.82, 2.24) is 15.4 Å². The van der Waals surface area contributed by atoms with E-state index in [1.165, 1.54) is 11.8 Å². The summed E-state index contributed by atoms with van der Waals surface area (Å²) in [7, 11) is 0. The molecule has 8 heteroatoms. The Kier molecular flexibility index (Phi) is 3.89. The van der Waals surface area contributed by atoms with E-state index < -0.39 is 6.10 Å². The van der Waals surface area contributed by atoms with Gasteiger partial charge in [-0.25, -0.2) is 0 Å². The molecule has 0 radical (unpaired) electrons. The highest BCUT2D eigenvalue weighted by Crippen LogP contribution is 2.36. The second-order valence-corrected chi connectivity index (χ2v) is 6.29. The SMILES string of the molecule is Cc1noc(C)c1CSc1nnc([C@@H]2COc3ccccc3O2)o1. The second kappa shape index (κ2) is 6.20. The summed E-state index contributed by atoms with van der Waals surface area (Å²) in [4.78, 5) is 0. The molecule has 0 unspecified atom stereocenters. The summed E-state index contributed by atoms with van der Waals surface area (Å²) in [6.07, 6.45) is -0.402. The predicted octanol–water partition coefficient (Wildman–Crippen LogP) is 3.48. The van der Waals surface area contributed by atoms with Crippen molar-refractivity contribution in [1.29, 1.82) is 0 Å². The molecule has 1 aromatic carbocycles. The Morgan fingerprint density at radius 2 is 2.00 bits per heavy atom. The number of para-hydroxylation sites is 2. The highest BCUT2D eigenvalue weighted by atomic mass is 32.2. The maximum Gasteiger partial charge on any atom is 0.277 e. The van der Waals surface area contributed by atoms with Crippen LogP contribution in [0.25, 0.3) is 0 Å². The van der Waals surface area contributed by atoms with Crippen molar-refractivity contribution in [3.8, 4) is 11.5 Å². The van der Waals surface area contributed by atoms with Crippen LogP contribution in [-0.2, 0) is 5.75 Å². The lowest BCUT2D eigenvalue weighted by Gasteiger charge is -2.23. The van der Waals surface area contributed by atoms with Gasteiger partial charge in [-0.15, -0.1) is 10.2 Å². The molecule has 0 amide bonds. The predicted molar refractivity (Wildman–Crippen MR) is 85.1 cm³/mol. The van der Waals surface area contributed by atoms with Crippen LogP contribution in [-0.4, -0.2) is 22.0 Å². The normalized spacial score (nSPS) is 16.3. The van der Waals surface area contributed by atoms with Gasteiger partial charge < -0.3 is 18.4 Å². The highest BCUT2D eigenvalue weighted by molar-refractivity contribution is 7.98. The summed E-state index contributed by atoms with van der Waals surface area (Å²) in [5.41, 5.74) is 1.92. The Labute approximate surface area is 142 Å². The number of nitrogens with zero attached hydrogens (tertiary/aromatic N) is 3. The molecular formula is C16H15N3O4S. The number of hydrogen-bond donors (Lipinski definition) is 0. The van der Waals surface area contributed by atoms with Crippen molar-refractivity contribution in [2.24, 2.45) is 0 Å². The minimum absolute atomic E-state index is 0.340. The van der Waals surface area contributed by atoms with Gasteiger partial charge in [0.15, 0.2) is 11.5 Å². The van der Waals surface area contributed by atoms with Gasteiger partial charge in [-0.05, 0) is 26.0 Å². The standard InChI is InChI=1S/C16H15N3O4S/c1-9-11(10(2)23-19-9)8-24-16-18-17-15(22-16)14-7-20-12-5-3-4-6-13(12)21-14/h3-6,14H,7-8H2,1-2H3/t14-/m0/s1. The number of hydrogen-bond acceptors (Lipinski definition) is 8. The van der Waals surface area contributed by atoms with Crippen LogP contribution in [0.2, 0.25) is 0 Å². The molecule has 1 atom stereocenters. The molecule has 0 aliphatic carbocycles. The molecular weight excluding hydrogens is 330 g/mol. The first-order valence-electron chi connectivity index (χ1n) is 7.47. The number of thioether (sulfide) groups is 1. The average Bonchev–Trinajstić information content (AvgIpc) is 3.20. The topological polar surface area (TPSA) is 83.4 Å². The second-order valence-electron chi connectivity index (χ2n) is 5.36. The lowest BCUT2D eigenvalue weighted by Crippen LogP contribution is -2.21. The summed E-state index contributed by atoms with van der Waals surface area (Å²) >= 11 is 1.44. The minimum atomic E-state index is -0.402. The molecule has 7 nitrogen and oxygen atoms in total. The van der Waals surface area contributed by atoms with E-state index in [-0.39, 0.29) is 0 Å². The molecule has 0 N–H and O–H groups in total. The first-order chi connectivity index (χ1) is 11.7. The van der Waals surface area contributed by atoms with E-state index in [0.29, 0.717) is 29.2 Å². The molecule has 2 aromatic heterocycles. The Balaban J connectivity index is 1.44. The first kappa shape index (κ1) is 15.1. The molecule has 1 aliphatic heterocycles. The zero-order valence-corrected chi connectivity index (χ0v) is 14.0. The van der Waals surface area contributed by atoms with Gasteiger partial charge in [0.05, 0.1) is 5.69 Å². The summed E-state index contributed by atoms with van der Waals surface area (Å²) in [6.45, 7) is 4.14. The van der Waals surface area contributed by atoms with Crippen LogP contribution in [0, 0.1) is 13.8 Å². The van der Waals surface area contributed by atoms with E-state index in [0.717, 1.165) is 22.8 Å². The van der Waals surface area contributed by atoms with Crippen LogP contribution in [0.3, 0.4) is 0 Å². The van der Waals surface area contributed by atoms with Crippen LogP contribution in [0.1, 0.15) is 29.0 Å². The Morgan fingerprint density at radius 3 is 2.79 bits per heavy atom. The fraction of sp³-hybridized carbons (Fsp3) is 0.312.